The molecule has 1 aliphatic heterocycles. The molecule has 0 bridgehead atoms. The van der Waals surface area contributed by atoms with Crippen LogP contribution in [0.3, 0.4) is 0 Å². The number of hydrogen-bond donors (Lipinski definition) is 2. The molecule has 1 aromatic carbocycles. The fourth-order valence-electron chi connectivity index (χ4n) is 4.43. The van der Waals surface area contributed by atoms with Gasteiger partial charge in [0.2, 0.25) is 0 Å². The number of ether oxygens (including phenoxy) is 1. The van der Waals surface area contributed by atoms with E-state index in [1.807, 2.05) is 22.8 Å². The number of aliphatic hydroxyl groups excluding tert-OH is 1. The number of aliphatic hydroxyl groups is 1. The summed E-state index contributed by atoms with van der Waals surface area (Å²) < 4.78 is 6.38. The first kappa shape index (κ1) is 20.2. The average Bonchev–Trinajstić information content (AvgIpc) is 3.40. The number of methoxy groups -OCH3 is 1. The molecular weight excluding hydrogens is 408 g/mol. The number of benzene rings is 1. The molecule has 2 aliphatic rings. The van der Waals surface area contributed by atoms with Gasteiger partial charge >= 0.3 is 5.97 Å². The van der Waals surface area contributed by atoms with Gasteiger partial charge in [0.1, 0.15) is 17.7 Å². The quantitative estimate of drug-likeness (QED) is 0.575. The lowest BCUT2D eigenvalue weighted by atomic mass is 9.82. The second-order valence-corrected chi connectivity index (χ2v) is 7.93. The van der Waals surface area contributed by atoms with E-state index < -0.39 is 23.2 Å². The van der Waals surface area contributed by atoms with Crippen LogP contribution in [0.25, 0.3) is 17.0 Å². The van der Waals surface area contributed by atoms with Gasteiger partial charge in [-0.25, -0.2) is 0 Å². The van der Waals surface area contributed by atoms with Crippen molar-refractivity contribution in [3.8, 4) is 11.3 Å². The van der Waals surface area contributed by atoms with Gasteiger partial charge in [-0.05, 0) is 42.7 Å². The third-order valence-electron chi connectivity index (χ3n) is 5.86. The summed E-state index contributed by atoms with van der Waals surface area (Å²) in [5, 5.41) is 13.8. The summed E-state index contributed by atoms with van der Waals surface area (Å²) in [5.74, 6) is -2.25. The van der Waals surface area contributed by atoms with E-state index >= 15 is 0 Å². The van der Waals surface area contributed by atoms with E-state index in [-0.39, 0.29) is 17.9 Å². The number of ketones is 1. The average molecular weight is 429 g/mol. The van der Waals surface area contributed by atoms with Crippen molar-refractivity contribution in [1.82, 2.24) is 9.88 Å². The number of esters is 1. The van der Waals surface area contributed by atoms with Crippen LogP contribution in [0, 0.1) is 0 Å². The normalized spacial score (nSPS) is 17.2. The van der Waals surface area contributed by atoms with Crippen molar-refractivity contribution in [3.05, 3.63) is 52.7 Å². The van der Waals surface area contributed by atoms with Crippen LogP contribution in [-0.2, 0) is 24.7 Å². The summed E-state index contributed by atoms with van der Waals surface area (Å²) in [7, 11) is 1.20. The largest absolute Gasteiger partial charge is 0.505 e. The molecular formula is C22H21ClN2O5. The van der Waals surface area contributed by atoms with Crippen molar-refractivity contribution in [3.63, 3.8) is 0 Å². The highest BCUT2D eigenvalue weighted by molar-refractivity contribution is 6.30. The minimum Gasteiger partial charge on any atom is -0.505 e. The van der Waals surface area contributed by atoms with Crippen molar-refractivity contribution in [1.29, 1.82) is 0 Å². The van der Waals surface area contributed by atoms with Gasteiger partial charge in [0.05, 0.1) is 12.8 Å². The number of rotatable bonds is 4. The van der Waals surface area contributed by atoms with Crippen molar-refractivity contribution in [2.24, 2.45) is 0 Å². The Bertz CT molecular complexity index is 1060. The van der Waals surface area contributed by atoms with Crippen LogP contribution in [0.2, 0.25) is 5.02 Å². The molecule has 4 rings (SSSR count). The molecule has 0 radical (unpaired) electrons. The number of fused-ring (bicyclic) bond motifs is 2. The van der Waals surface area contributed by atoms with Gasteiger partial charge < -0.3 is 19.7 Å². The van der Waals surface area contributed by atoms with Gasteiger partial charge in [-0.1, -0.05) is 36.6 Å². The molecule has 0 unspecified atom stereocenters. The van der Waals surface area contributed by atoms with Crippen molar-refractivity contribution in [2.45, 2.75) is 31.2 Å². The zero-order chi connectivity index (χ0) is 21.5. The van der Waals surface area contributed by atoms with E-state index in [0.717, 1.165) is 24.1 Å². The van der Waals surface area contributed by atoms with Crippen LogP contribution >= 0.6 is 11.6 Å². The molecule has 2 aromatic rings. The monoisotopic (exact) mass is 428 g/mol. The SMILES string of the molecule is COC(=O)CNC(=O)C1=C(O)c2ccc(-c3ccc(Cl)cc3)n2C2(CCCC2)C1=O. The number of carbonyl (C=O) groups excluding carboxylic acids is 3. The van der Waals surface area contributed by atoms with Crippen molar-refractivity contribution >= 4 is 35.0 Å². The van der Waals surface area contributed by atoms with Crippen LogP contribution in [-0.4, -0.2) is 41.0 Å². The topological polar surface area (TPSA) is 97.6 Å². The first-order valence-corrected chi connectivity index (χ1v) is 10.1. The van der Waals surface area contributed by atoms with E-state index in [4.69, 9.17) is 11.6 Å². The van der Waals surface area contributed by atoms with Gasteiger partial charge in [-0.15, -0.1) is 0 Å². The summed E-state index contributed by atoms with van der Waals surface area (Å²) >= 11 is 6.01. The molecule has 1 saturated carbocycles. The van der Waals surface area contributed by atoms with E-state index in [1.54, 1.807) is 18.2 Å². The van der Waals surface area contributed by atoms with Gasteiger partial charge in [0, 0.05) is 10.7 Å². The molecule has 0 atom stereocenters. The molecule has 2 heterocycles. The Hall–Kier alpha value is -3.06. The molecule has 8 heteroatoms. The van der Waals surface area contributed by atoms with E-state index in [9.17, 15) is 19.5 Å². The molecule has 0 saturated heterocycles. The van der Waals surface area contributed by atoms with Gasteiger partial charge in [-0.2, -0.15) is 0 Å². The number of nitrogens with zero attached hydrogens (tertiary/aromatic N) is 1. The number of carbonyl (C=O) groups is 3. The van der Waals surface area contributed by atoms with E-state index in [0.29, 0.717) is 23.6 Å². The lowest BCUT2D eigenvalue weighted by molar-refractivity contribution is -0.141. The highest BCUT2D eigenvalue weighted by Crippen LogP contribution is 2.47. The molecule has 1 fully saturated rings. The number of amides is 1. The zero-order valence-electron chi connectivity index (χ0n) is 16.4. The van der Waals surface area contributed by atoms with Gasteiger partial charge in [0.25, 0.3) is 5.91 Å². The summed E-state index contributed by atoms with van der Waals surface area (Å²) in [5.41, 5.74) is 0.783. The van der Waals surface area contributed by atoms with Crippen LogP contribution in [0.5, 0.6) is 0 Å². The van der Waals surface area contributed by atoms with Crippen LogP contribution < -0.4 is 5.32 Å². The molecule has 1 spiro atoms. The second kappa shape index (κ2) is 7.65. The highest BCUT2D eigenvalue weighted by Gasteiger charge is 2.51. The maximum absolute atomic E-state index is 13.6. The Morgan fingerprint density at radius 2 is 1.77 bits per heavy atom. The summed E-state index contributed by atoms with van der Waals surface area (Å²) in [6, 6.07) is 10.8. The third-order valence-corrected chi connectivity index (χ3v) is 6.11. The van der Waals surface area contributed by atoms with E-state index in [2.05, 4.69) is 10.1 Å². The lowest BCUT2D eigenvalue weighted by Crippen LogP contribution is -2.48. The Kier molecular flexibility index (Phi) is 5.15. The molecule has 1 amide bonds. The first-order chi connectivity index (χ1) is 14.4. The third kappa shape index (κ3) is 3.10. The molecule has 30 heavy (non-hydrogen) atoms. The number of Topliss-reactive ketones (excluding diaryl/α,β-unsaturated/α-hetero) is 1. The number of halogens is 1. The zero-order valence-corrected chi connectivity index (χ0v) is 17.2. The van der Waals surface area contributed by atoms with Crippen LogP contribution in [0.15, 0.2) is 42.0 Å². The number of aromatic nitrogens is 1. The van der Waals surface area contributed by atoms with Crippen molar-refractivity contribution < 1.29 is 24.2 Å². The Morgan fingerprint density at radius 3 is 2.40 bits per heavy atom. The number of hydrogen-bond acceptors (Lipinski definition) is 5. The van der Waals surface area contributed by atoms with Gasteiger partial charge in [0.15, 0.2) is 11.5 Å². The summed E-state index contributed by atoms with van der Waals surface area (Å²) in [6.07, 6.45) is 2.80. The fourth-order valence-corrected chi connectivity index (χ4v) is 4.56. The standard InChI is InChI=1S/C22H21ClN2O5/c1-30-17(26)12-24-21(29)18-19(27)16-9-8-15(13-4-6-14(23)7-5-13)25(16)22(20(18)28)10-2-3-11-22/h4-9,27H,2-3,10-12H2,1H3,(H,24,29). The molecule has 7 nitrogen and oxygen atoms in total. The fraction of sp³-hybridized carbons (Fsp3) is 0.318. The predicted octanol–water partition coefficient (Wildman–Crippen LogP) is 3.22. The Balaban J connectivity index is 1.84. The maximum atomic E-state index is 13.6. The first-order valence-electron chi connectivity index (χ1n) is 9.70. The molecule has 2 N–H and O–H groups in total. The maximum Gasteiger partial charge on any atom is 0.325 e. The molecule has 1 aliphatic carbocycles. The minimum atomic E-state index is -0.946. The van der Waals surface area contributed by atoms with Crippen molar-refractivity contribution in [2.75, 3.05) is 13.7 Å². The van der Waals surface area contributed by atoms with Gasteiger partial charge in [-0.3, -0.25) is 14.4 Å². The molecule has 156 valence electrons. The lowest BCUT2D eigenvalue weighted by Gasteiger charge is -2.37. The predicted molar refractivity (Wildman–Crippen MR) is 111 cm³/mol. The number of nitrogens with one attached hydrogen (secondary N) is 1. The Morgan fingerprint density at radius 1 is 1.13 bits per heavy atom. The Labute approximate surface area is 178 Å². The minimum absolute atomic E-state index is 0.311. The van der Waals surface area contributed by atoms with Crippen LogP contribution in [0.4, 0.5) is 0 Å². The van der Waals surface area contributed by atoms with Crippen LogP contribution in [0.1, 0.15) is 31.4 Å². The second-order valence-electron chi connectivity index (χ2n) is 7.50. The smallest absolute Gasteiger partial charge is 0.325 e. The summed E-state index contributed by atoms with van der Waals surface area (Å²) in [4.78, 5) is 37.7. The summed E-state index contributed by atoms with van der Waals surface area (Å²) in [6.45, 7) is -0.385. The molecule has 1 aromatic heterocycles. The highest BCUT2D eigenvalue weighted by atomic mass is 35.5. The van der Waals surface area contributed by atoms with E-state index in [1.165, 1.54) is 7.11 Å².